The molecule has 0 aliphatic carbocycles. The van der Waals surface area contributed by atoms with E-state index in [4.69, 9.17) is 9.47 Å². The Bertz CT molecular complexity index is 1260. The second kappa shape index (κ2) is 8.17. The zero-order chi connectivity index (χ0) is 24.0. The van der Waals surface area contributed by atoms with Gasteiger partial charge in [-0.2, -0.15) is 0 Å². The molecule has 1 saturated heterocycles. The summed E-state index contributed by atoms with van der Waals surface area (Å²) >= 11 is 0. The van der Waals surface area contributed by atoms with Gasteiger partial charge in [-0.25, -0.2) is 4.79 Å². The predicted octanol–water partition coefficient (Wildman–Crippen LogP) is 4.26. The molecular weight excluding hydrogens is 432 g/mol. The topological polar surface area (TPSA) is 84.9 Å². The summed E-state index contributed by atoms with van der Waals surface area (Å²) in [5, 5.41) is 2.82. The lowest BCUT2D eigenvalue weighted by Gasteiger charge is -2.23. The van der Waals surface area contributed by atoms with Gasteiger partial charge in [0.25, 0.3) is 11.8 Å². The number of anilines is 1. The Morgan fingerprint density at radius 2 is 1.71 bits per heavy atom. The van der Waals surface area contributed by atoms with Gasteiger partial charge >= 0.3 is 5.97 Å². The average Bonchev–Trinajstić information content (AvgIpc) is 3.54. The van der Waals surface area contributed by atoms with Crippen molar-refractivity contribution in [1.82, 2.24) is 4.90 Å². The third-order valence-corrected chi connectivity index (χ3v) is 6.56. The number of likely N-dealkylation sites (tertiary alicyclic amines) is 1. The fourth-order valence-electron chi connectivity index (χ4n) is 4.78. The van der Waals surface area contributed by atoms with Crippen LogP contribution in [-0.2, 0) is 14.3 Å². The van der Waals surface area contributed by atoms with Crippen LogP contribution >= 0.6 is 0 Å². The number of nitrogens with zero attached hydrogens (tertiary/aromatic N) is 1. The molecule has 34 heavy (non-hydrogen) atoms. The summed E-state index contributed by atoms with van der Waals surface area (Å²) in [6.45, 7) is 5.52. The molecular formula is C27H26N2O5. The summed E-state index contributed by atoms with van der Waals surface area (Å²) in [7, 11) is 1.32. The summed E-state index contributed by atoms with van der Waals surface area (Å²) in [5.74, 6) is -0.218. The number of ether oxygens (including phenoxy) is 2. The number of methoxy groups -OCH3 is 1. The van der Waals surface area contributed by atoms with Crippen LogP contribution in [0, 0.1) is 0 Å². The molecule has 3 heterocycles. The number of fused-ring (bicyclic) bond motifs is 1. The van der Waals surface area contributed by atoms with Gasteiger partial charge in [0.15, 0.2) is 0 Å². The standard InChI is InChI=1S/C27H26N2O5/c1-27(2)20(16-6-8-17(9-7-16)25(31)29-12-4-5-13-29)15-22(34-27)23-19-11-10-18(26(32)33-3)14-21(19)28-24(23)30/h6-11,14-15H,4-5,12-13H2,1-3H3,(H,28,30)/b23-22+. The zero-order valence-corrected chi connectivity index (χ0v) is 19.4. The number of amides is 2. The van der Waals surface area contributed by atoms with Crippen molar-refractivity contribution < 1.29 is 23.9 Å². The molecule has 0 radical (unpaired) electrons. The number of hydrogen-bond donors (Lipinski definition) is 1. The van der Waals surface area contributed by atoms with Crippen LogP contribution in [0.4, 0.5) is 5.69 Å². The first-order valence-electron chi connectivity index (χ1n) is 11.4. The van der Waals surface area contributed by atoms with Crippen LogP contribution in [0.5, 0.6) is 0 Å². The van der Waals surface area contributed by atoms with Gasteiger partial charge in [-0.05, 0) is 62.6 Å². The van der Waals surface area contributed by atoms with E-state index >= 15 is 0 Å². The molecule has 1 N–H and O–H groups in total. The molecule has 0 saturated carbocycles. The Morgan fingerprint density at radius 1 is 1.03 bits per heavy atom. The van der Waals surface area contributed by atoms with Gasteiger partial charge in [-0.15, -0.1) is 0 Å². The molecule has 1 fully saturated rings. The van der Waals surface area contributed by atoms with E-state index in [2.05, 4.69) is 5.32 Å². The molecule has 5 rings (SSSR count). The largest absolute Gasteiger partial charge is 0.482 e. The van der Waals surface area contributed by atoms with Crippen molar-refractivity contribution in [2.24, 2.45) is 0 Å². The molecule has 0 spiro atoms. The lowest BCUT2D eigenvalue weighted by atomic mass is 9.91. The average molecular weight is 459 g/mol. The van der Waals surface area contributed by atoms with Crippen molar-refractivity contribution in [3.05, 3.63) is 76.6 Å². The minimum Gasteiger partial charge on any atom is -0.482 e. The number of allylic oxidation sites excluding steroid dienone is 1. The molecule has 0 bridgehead atoms. The number of nitrogens with one attached hydrogen (secondary N) is 1. The number of carbonyl (C=O) groups is 3. The first kappa shape index (κ1) is 21.9. The van der Waals surface area contributed by atoms with E-state index in [1.165, 1.54) is 7.11 Å². The van der Waals surface area contributed by atoms with Gasteiger partial charge in [-0.3, -0.25) is 9.59 Å². The van der Waals surface area contributed by atoms with Crippen LogP contribution in [-0.4, -0.2) is 48.5 Å². The van der Waals surface area contributed by atoms with E-state index in [-0.39, 0.29) is 11.8 Å². The highest BCUT2D eigenvalue weighted by atomic mass is 16.5. The normalized spacial score (nSPS) is 20.5. The first-order chi connectivity index (χ1) is 16.3. The maximum atomic E-state index is 12.8. The monoisotopic (exact) mass is 458 g/mol. The van der Waals surface area contributed by atoms with Gasteiger partial charge < -0.3 is 19.7 Å². The minimum atomic E-state index is -0.669. The number of rotatable bonds is 3. The molecule has 0 aromatic heterocycles. The molecule has 0 atom stereocenters. The highest BCUT2D eigenvalue weighted by Gasteiger charge is 2.38. The Morgan fingerprint density at radius 3 is 2.38 bits per heavy atom. The van der Waals surface area contributed by atoms with Gasteiger partial charge in [0, 0.05) is 29.8 Å². The minimum absolute atomic E-state index is 0.0633. The van der Waals surface area contributed by atoms with E-state index in [0.29, 0.717) is 33.7 Å². The summed E-state index contributed by atoms with van der Waals surface area (Å²) < 4.78 is 11.0. The number of benzene rings is 2. The molecule has 2 amide bonds. The van der Waals surface area contributed by atoms with Crippen molar-refractivity contribution in [2.45, 2.75) is 32.3 Å². The van der Waals surface area contributed by atoms with E-state index in [9.17, 15) is 14.4 Å². The molecule has 2 aromatic carbocycles. The Kier molecular flexibility index (Phi) is 5.27. The Labute approximate surface area is 198 Å². The van der Waals surface area contributed by atoms with E-state index < -0.39 is 11.6 Å². The van der Waals surface area contributed by atoms with Crippen molar-refractivity contribution in [1.29, 1.82) is 0 Å². The summed E-state index contributed by atoms with van der Waals surface area (Å²) in [6.07, 6.45) is 4.00. The summed E-state index contributed by atoms with van der Waals surface area (Å²) in [4.78, 5) is 39.3. The second-order valence-electron chi connectivity index (χ2n) is 9.19. The van der Waals surface area contributed by atoms with Crippen LogP contribution < -0.4 is 5.32 Å². The Hall–Kier alpha value is -3.87. The lowest BCUT2D eigenvalue weighted by molar-refractivity contribution is -0.111. The molecule has 2 aromatic rings. The van der Waals surface area contributed by atoms with Crippen LogP contribution in [0.3, 0.4) is 0 Å². The first-order valence-corrected chi connectivity index (χ1v) is 11.4. The number of hydrogen-bond acceptors (Lipinski definition) is 5. The SMILES string of the molecule is COC(=O)c1ccc2c(c1)NC(=O)/C2=C1\C=C(c2ccc(C(=O)N3CCCC3)cc2)C(C)(C)O1. The summed E-state index contributed by atoms with van der Waals surface area (Å²) in [6, 6.07) is 12.5. The fourth-order valence-corrected chi connectivity index (χ4v) is 4.78. The third-order valence-electron chi connectivity index (χ3n) is 6.56. The Balaban J connectivity index is 1.48. The van der Waals surface area contributed by atoms with Gasteiger partial charge in [0.1, 0.15) is 11.4 Å². The molecule has 3 aliphatic rings. The maximum Gasteiger partial charge on any atom is 0.337 e. The van der Waals surface area contributed by atoms with Gasteiger partial charge in [0.05, 0.1) is 23.9 Å². The van der Waals surface area contributed by atoms with Gasteiger partial charge in [0.2, 0.25) is 0 Å². The van der Waals surface area contributed by atoms with Crippen molar-refractivity contribution >= 4 is 34.6 Å². The molecule has 3 aliphatic heterocycles. The maximum absolute atomic E-state index is 12.8. The molecule has 174 valence electrons. The molecule has 0 unspecified atom stereocenters. The van der Waals surface area contributed by atoms with E-state index in [1.54, 1.807) is 18.2 Å². The highest BCUT2D eigenvalue weighted by Crippen LogP contribution is 2.44. The van der Waals surface area contributed by atoms with E-state index in [0.717, 1.165) is 37.1 Å². The van der Waals surface area contributed by atoms with Crippen molar-refractivity contribution in [2.75, 3.05) is 25.5 Å². The zero-order valence-electron chi connectivity index (χ0n) is 19.4. The fraction of sp³-hybridized carbons (Fsp3) is 0.296. The van der Waals surface area contributed by atoms with Gasteiger partial charge in [-0.1, -0.05) is 18.2 Å². The molecule has 7 heteroatoms. The molecule has 7 nitrogen and oxygen atoms in total. The van der Waals surface area contributed by atoms with Crippen LogP contribution in [0.25, 0.3) is 11.1 Å². The number of esters is 1. The second-order valence-corrected chi connectivity index (χ2v) is 9.19. The van der Waals surface area contributed by atoms with Crippen LogP contribution in [0.15, 0.2) is 54.3 Å². The smallest absolute Gasteiger partial charge is 0.337 e. The van der Waals surface area contributed by atoms with Crippen LogP contribution in [0.1, 0.15) is 58.5 Å². The van der Waals surface area contributed by atoms with Crippen LogP contribution in [0.2, 0.25) is 0 Å². The predicted molar refractivity (Wildman–Crippen MR) is 128 cm³/mol. The number of carbonyl (C=O) groups excluding carboxylic acids is 3. The quantitative estimate of drug-likeness (QED) is 0.549. The van der Waals surface area contributed by atoms with Crippen molar-refractivity contribution in [3.63, 3.8) is 0 Å². The third kappa shape index (κ3) is 3.67. The van der Waals surface area contributed by atoms with E-state index in [1.807, 2.05) is 49.1 Å². The van der Waals surface area contributed by atoms with Crippen molar-refractivity contribution in [3.8, 4) is 0 Å². The lowest BCUT2D eigenvalue weighted by Crippen LogP contribution is -2.27. The summed E-state index contributed by atoms with van der Waals surface area (Å²) in [5.41, 5.74) is 3.86. The highest BCUT2D eigenvalue weighted by molar-refractivity contribution is 6.32.